The van der Waals surface area contributed by atoms with Crippen LogP contribution >= 0.6 is 0 Å². The fraction of sp³-hybridized carbons (Fsp3) is 0.333. The summed E-state index contributed by atoms with van der Waals surface area (Å²) in [5.41, 5.74) is 3.43. The van der Waals surface area contributed by atoms with Crippen molar-refractivity contribution in [2.45, 2.75) is 39.7 Å². The van der Waals surface area contributed by atoms with Crippen molar-refractivity contribution in [1.29, 1.82) is 0 Å². The average Bonchev–Trinajstić information content (AvgIpc) is 3.05. The van der Waals surface area contributed by atoms with E-state index in [1.165, 1.54) is 5.56 Å². The van der Waals surface area contributed by atoms with Crippen LogP contribution in [0.5, 0.6) is 0 Å². The zero-order chi connectivity index (χ0) is 17.8. The highest BCUT2D eigenvalue weighted by Crippen LogP contribution is 2.25. The molecule has 0 aliphatic heterocycles. The third-order valence-corrected chi connectivity index (χ3v) is 4.25. The number of oxazole rings is 1. The van der Waals surface area contributed by atoms with Crippen molar-refractivity contribution < 1.29 is 9.21 Å². The van der Waals surface area contributed by atoms with E-state index in [4.69, 9.17) is 4.42 Å². The van der Waals surface area contributed by atoms with E-state index in [0.29, 0.717) is 17.4 Å². The van der Waals surface area contributed by atoms with Crippen LogP contribution in [0.15, 0.2) is 52.9 Å². The molecule has 1 N–H and O–H groups in total. The van der Waals surface area contributed by atoms with E-state index in [1.54, 1.807) is 0 Å². The Morgan fingerprint density at radius 2 is 1.84 bits per heavy atom. The first-order valence-electron chi connectivity index (χ1n) is 8.82. The number of nitrogens with zero attached hydrogens (tertiary/aromatic N) is 1. The predicted molar refractivity (Wildman–Crippen MR) is 99.5 cm³/mol. The molecule has 4 nitrogen and oxygen atoms in total. The van der Waals surface area contributed by atoms with Crippen molar-refractivity contribution >= 4 is 17.0 Å². The smallest absolute Gasteiger partial charge is 0.251 e. The van der Waals surface area contributed by atoms with Gasteiger partial charge in [-0.3, -0.25) is 4.79 Å². The Morgan fingerprint density at radius 1 is 1.12 bits per heavy atom. The molecule has 1 atom stereocenters. The molecule has 1 heterocycles. The topological polar surface area (TPSA) is 55.1 Å². The SMILES string of the molecule is CCc1ccc(C(=O)N[C@@H](CC(C)C)c2nc3ccccc3o2)cc1. The molecule has 0 aliphatic rings. The maximum absolute atomic E-state index is 12.6. The second-order valence-corrected chi connectivity index (χ2v) is 6.73. The van der Waals surface area contributed by atoms with Crippen LogP contribution < -0.4 is 5.32 Å². The number of aromatic nitrogens is 1. The van der Waals surface area contributed by atoms with Crippen molar-refractivity contribution in [2.75, 3.05) is 0 Å². The van der Waals surface area contributed by atoms with Gasteiger partial charge in [0.2, 0.25) is 5.89 Å². The lowest BCUT2D eigenvalue weighted by Crippen LogP contribution is -2.29. The van der Waals surface area contributed by atoms with Crippen LogP contribution in [0, 0.1) is 5.92 Å². The van der Waals surface area contributed by atoms with Gasteiger partial charge in [0.15, 0.2) is 5.58 Å². The highest BCUT2D eigenvalue weighted by atomic mass is 16.3. The van der Waals surface area contributed by atoms with Crippen molar-refractivity contribution in [3.8, 4) is 0 Å². The minimum Gasteiger partial charge on any atom is -0.438 e. The zero-order valence-electron chi connectivity index (χ0n) is 15.0. The predicted octanol–water partition coefficient (Wildman–Crippen LogP) is 4.91. The molecule has 2 aromatic carbocycles. The first-order valence-corrected chi connectivity index (χ1v) is 8.82. The van der Waals surface area contributed by atoms with E-state index in [0.717, 1.165) is 23.9 Å². The molecular formula is C21H24N2O2. The summed E-state index contributed by atoms with van der Waals surface area (Å²) in [5.74, 6) is 0.867. The molecule has 25 heavy (non-hydrogen) atoms. The third-order valence-electron chi connectivity index (χ3n) is 4.25. The summed E-state index contributed by atoms with van der Waals surface area (Å²) in [7, 11) is 0. The molecule has 0 saturated heterocycles. The summed E-state index contributed by atoms with van der Waals surface area (Å²) < 4.78 is 5.88. The molecule has 1 amide bonds. The van der Waals surface area contributed by atoms with Crippen LogP contribution in [-0.2, 0) is 6.42 Å². The number of hydrogen-bond acceptors (Lipinski definition) is 3. The lowest BCUT2D eigenvalue weighted by Gasteiger charge is -2.17. The van der Waals surface area contributed by atoms with Gasteiger partial charge in [0, 0.05) is 5.56 Å². The van der Waals surface area contributed by atoms with Gasteiger partial charge in [0.25, 0.3) is 5.91 Å². The molecule has 0 aliphatic carbocycles. The Hall–Kier alpha value is -2.62. The number of fused-ring (bicyclic) bond motifs is 1. The molecular weight excluding hydrogens is 312 g/mol. The van der Waals surface area contributed by atoms with E-state index < -0.39 is 0 Å². The van der Waals surface area contributed by atoms with Gasteiger partial charge >= 0.3 is 0 Å². The summed E-state index contributed by atoms with van der Waals surface area (Å²) in [4.78, 5) is 17.2. The van der Waals surface area contributed by atoms with E-state index in [-0.39, 0.29) is 11.9 Å². The summed E-state index contributed by atoms with van der Waals surface area (Å²) >= 11 is 0. The summed E-state index contributed by atoms with van der Waals surface area (Å²) in [5, 5.41) is 3.08. The van der Waals surface area contributed by atoms with Gasteiger partial charge in [-0.25, -0.2) is 4.98 Å². The minimum atomic E-state index is -0.245. The molecule has 130 valence electrons. The molecule has 0 fully saturated rings. The Morgan fingerprint density at radius 3 is 2.48 bits per heavy atom. The normalized spacial score (nSPS) is 12.5. The monoisotopic (exact) mass is 336 g/mol. The van der Waals surface area contributed by atoms with E-state index >= 15 is 0 Å². The highest BCUT2D eigenvalue weighted by Gasteiger charge is 2.22. The maximum Gasteiger partial charge on any atom is 0.251 e. The van der Waals surface area contributed by atoms with Crippen molar-refractivity contribution in [3.63, 3.8) is 0 Å². The number of nitrogens with one attached hydrogen (secondary N) is 1. The molecule has 3 aromatic rings. The van der Waals surface area contributed by atoms with Crippen LogP contribution in [0.25, 0.3) is 11.1 Å². The molecule has 0 unspecified atom stereocenters. The van der Waals surface area contributed by atoms with Crippen LogP contribution in [-0.4, -0.2) is 10.9 Å². The molecule has 3 rings (SSSR count). The summed E-state index contributed by atoms with van der Waals surface area (Å²) in [6.07, 6.45) is 1.73. The van der Waals surface area contributed by atoms with E-state index in [1.807, 2.05) is 48.5 Å². The molecule has 0 spiro atoms. The fourth-order valence-corrected chi connectivity index (χ4v) is 2.87. The van der Waals surface area contributed by atoms with E-state index in [9.17, 15) is 4.79 Å². The lowest BCUT2D eigenvalue weighted by molar-refractivity contribution is 0.0925. The first-order chi connectivity index (χ1) is 12.1. The number of benzene rings is 2. The molecule has 0 radical (unpaired) electrons. The molecule has 0 saturated carbocycles. The quantitative estimate of drug-likeness (QED) is 0.696. The number of amides is 1. The van der Waals surface area contributed by atoms with Crippen LogP contribution in [0.4, 0.5) is 0 Å². The number of aryl methyl sites for hydroxylation is 1. The highest BCUT2D eigenvalue weighted by molar-refractivity contribution is 5.94. The average molecular weight is 336 g/mol. The standard InChI is InChI=1S/C21H24N2O2/c1-4-15-9-11-16(12-10-15)20(24)22-18(13-14(2)3)21-23-17-7-5-6-8-19(17)25-21/h5-12,14,18H,4,13H2,1-3H3,(H,22,24)/t18-/m0/s1. The number of para-hydroxylation sites is 2. The van der Waals surface area contributed by atoms with Crippen molar-refractivity contribution in [1.82, 2.24) is 10.3 Å². The van der Waals surface area contributed by atoms with Crippen molar-refractivity contribution in [2.24, 2.45) is 5.92 Å². The Kier molecular flexibility index (Phi) is 5.17. The molecule has 1 aromatic heterocycles. The van der Waals surface area contributed by atoms with Gasteiger partial charge in [0.1, 0.15) is 11.6 Å². The van der Waals surface area contributed by atoms with Crippen molar-refractivity contribution in [3.05, 3.63) is 65.5 Å². The Balaban J connectivity index is 1.83. The van der Waals surface area contributed by atoms with E-state index in [2.05, 4.69) is 31.1 Å². The van der Waals surface area contributed by atoms with Gasteiger partial charge in [-0.2, -0.15) is 0 Å². The van der Waals surface area contributed by atoms with Crippen LogP contribution in [0.1, 0.15) is 55.0 Å². The third kappa shape index (κ3) is 4.08. The zero-order valence-corrected chi connectivity index (χ0v) is 15.0. The minimum absolute atomic E-state index is 0.101. The summed E-state index contributed by atoms with van der Waals surface area (Å²) in [6, 6.07) is 15.1. The number of hydrogen-bond donors (Lipinski definition) is 1. The first kappa shape index (κ1) is 17.2. The summed E-state index contributed by atoms with van der Waals surface area (Å²) in [6.45, 7) is 6.34. The Labute approximate surface area is 148 Å². The number of carbonyl (C=O) groups is 1. The molecule has 4 heteroatoms. The van der Waals surface area contributed by atoms with Gasteiger partial charge < -0.3 is 9.73 Å². The fourth-order valence-electron chi connectivity index (χ4n) is 2.87. The van der Waals surface area contributed by atoms with Crippen LogP contribution in [0.2, 0.25) is 0 Å². The second kappa shape index (κ2) is 7.51. The van der Waals surface area contributed by atoms with Gasteiger partial charge in [-0.1, -0.05) is 45.0 Å². The van der Waals surface area contributed by atoms with Crippen LogP contribution in [0.3, 0.4) is 0 Å². The number of rotatable bonds is 6. The second-order valence-electron chi connectivity index (χ2n) is 6.73. The van der Waals surface area contributed by atoms with Gasteiger partial charge in [-0.15, -0.1) is 0 Å². The molecule has 0 bridgehead atoms. The van der Waals surface area contributed by atoms with Gasteiger partial charge in [0.05, 0.1) is 0 Å². The maximum atomic E-state index is 12.6. The Bertz CT molecular complexity index is 817. The number of carbonyl (C=O) groups excluding carboxylic acids is 1. The largest absolute Gasteiger partial charge is 0.438 e. The lowest BCUT2D eigenvalue weighted by atomic mass is 10.0. The van der Waals surface area contributed by atoms with Gasteiger partial charge in [-0.05, 0) is 48.6 Å².